The van der Waals surface area contributed by atoms with Crippen molar-refractivity contribution in [3.8, 4) is 0 Å². The highest BCUT2D eigenvalue weighted by Gasteiger charge is 2.42. The number of ether oxygens (including phenoxy) is 2. The minimum absolute atomic E-state index is 0.0307. The first-order chi connectivity index (χ1) is 16.7. The van der Waals surface area contributed by atoms with Crippen molar-refractivity contribution in [2.45, 2.75) is 50.7 Å². The molecule has 0 spiro atoms. The Morgan fingerprint density at radius 2 is 2.06 bits per heavy atom. The summed E-state index contributed by atoms with van der Waals surface area (Å²) in [5.41, 5.74) is 11.3. The van der Waals surface area contributed by atoms with Crippen LogP contribution in [0.15, 0.2) is 47.1 Å². The van der Waals surface area contributed by atoms with Crippen LogP contribution < -0.4 is 11.1 Å². The molecular weight excluding hydrogens is 522 g/mol. The molecule has 0 radical (unpaired) electrons. The van der Waals surface area contributed by atoms with Crippen LogP contribution in [0.1, 0.15) is 35.3 Å². The van der Waals surface area contributed by atoms with E-state index in [9.17, 15) is 4.79 Å². The van der Waals surface area contributed by atoms with Gasteiger partial charge in [0.15, 0.2) is 0 Å². The number of benzene rings is 2. The van der Waals surface area contributed by atoms with Crippen LogP contribution in [0.25, 0.3) is 10.9 Å². The SMILES string of the molecule is C[Si](C)(C)CCOC(=O)n1cc(C2Nc3ccc(CCN)cc3C3OCCC23)c2cc(Br)ccc21. The Hall–Kier alpha value is -2.13. The molecule has 0 saturated carbocycles. The van der Waals surface area contributed by atoms with Crippen molar-refractivity contribution in [3.63, 3.8) is 0 Å². The van der Waals surface area contributed by atoms with Crippen LogP contribution >= 0.6 is 15.9 Å². The molecule has 1 aromatic heterocycles. The molecule has 0 amide bonds. The Morgan fingerprint density at radius 1 is 1.23 bits per heavy atom. The maximum absolute atomic E-state index is 13.1. The van der Waals surface area contributed by atoms with Crippen LogP contribution in [0, 0.1) is 5.92 Å². The average Bonchev–Trinajstić information content (AvgIpc) is 3.43. The van der Waals surface area contributed by atoms with Gasteiger partial charge >= 0.3 is 6.09 Å². The van der Waals surface area contributed by atoms with Crippen molar-refractivity contribution in [3.05, 3.63) is 63.8 Å². The topological polar surface area (TPSA) is 78.5 Å². The molecule has 1 saturated heterocycles. The summed E-state index contributed by atoms with van der Waals surface area (Å²) in [6, 6.07) is 13.6. The van der Waals surface area contributed by atoms with E-state index in [-0.39, 0.29) is 24.2 Å². The standard InChI is InChI=1S/C27H34BrN3O3Si/c1-35(2,3)13-12-34-27(32)31-16-22(20-15-18(28)5-7-24(20)31)25-19-9-11-33-26(19)21-14-17(8-10-29)4-6-23(21)30-25/h4-7,14-16,19,25-26,30H,8-13,29H2,1-3H3. The van der Waals surface area contributed by atoms with Gasteiger partial charge in [0.2, 0.25) is 0 Å². The minimum Gasteiger partial charge on any atom is -0.449 e. The number of carbonyl (C=O) groups is 1. The van der Waals surface area contributed by atoms with E-state index in [0.29, 0.717) is 13.2 Å². The van der Waals surface area contributed by atoms with Crippen LogP contribution in [0.5, 0.6) is 0 Å². The van der Waals surface area contributed by atoms with Gasteiger partial charge in [-0.05, 0) is 55.3 Å². The molecule has 2 aliphatic heterocycles. The number of nitrogens with zero attached hydrogens (tertiary/aromatic N) is 1. The maximum Gasteiger partial charge on any atom is 0.418 e. The zero-order valence-electron chi connectivity index (χ0n) is 20.6. The molecule has 0 aliphatic carbocycles. The average molecular weight is 557 g/mol. The summed E-state index contributed by atoms with van der Waals surface area (Å²) in [5.74, 6) is 0.275. The largest absolute Gasteiger partial charge is 0.449 e. The van der Waals surface area contributed by atoms with E-state index in [1.165, 1.54) is 11.1 Å². The first-order valence-electron chi connectivity index (χ1n) is 12.4. The van der Waals surface area contributed by atoms with Gasteiger partial charge < -0.3 is 20.5 Å². The number of nitrogens with one attached hydrogen (secondary N) is 1. The number of carbonyl (C=O) groups excluding carboxylic acids is 1. The van der Waals surface area contributed by atoms with Crippen molar-refractivity contribution in [1.29, 1.82) is 0 Å². The van der Waals surface area contributed by atoms with E-state index in [2.05, 4.69) is 65.2 Å². The summed E-state index contributed by atoms with van der Waals surface area (Å²) in [6.45, 7) is 8.67. The highest BCUT2D eigenvalue weighted by atomic mass is 79.9. The lowest BCUT2D eigenvalue weighted by Crippen LogP contribution is -2.29. The monoisotopic (exact) mass is 555 g/mol. The van der Waals surface area contributed by atoms with Crippen LogP contribution in [0.4, 0.5) is 10.5 Å². The fraction of sp³-hybridized carbons (Fsp3) is 0.444. The Labute approximate surface area is 216 Å². The molecular formula is C27H34BrN3O3Si. The van der Waals surface area contributed by atoms with Crippen LogP contribution in [-0.2, 0) is 15.9 Å². The molecule has 2 aromatic carbocycles. The normalized spacial score (nSPS) is 21.5. The van der Waals surface area contributed by atoms with Gasteiger partial charge in [0, 0.05) is 53.5 Å². The van der Waals surface area contributed by atoms with Crippen molar-refractivity contribution >= 4 is 46.7 Å². The molecule has 3 unspecified atom stereocenters. The quantitative estimate of drug-likeness (QED) is 0.340. The van der Waals surface area contributed by atoms with E-state index in [0.717, 1.165) is 52.1 Å². The lowest BCUT2D eigenvalue weighted by Gasteiger charge is -2.36. The van der Waals surface area contributed by atoms with Crippen LogP contribution in [0.3, 0.4) is 0 Å². The second-order valence-corrected chi connectivity index (χ2v) is 17.4. The number of anilines is 1. The number of nitrogens with two attached hydrogens (primary N) is 1. The van der Waals surface area contributed by atoms with Crippen molar-refractivity contribution in [2.75, 3.05) is 25.1 Å². The second-order valence-electron chi connectivity index (χ2n) is 10.9. The number of halogens is 1. The van der Waals surface area contributed by atoms with Crippen molar-refractivity contribution in [2.24, 2.45) is 11.7 Å². The molecule has 3 atom stereocenters. The first kappa shape index (κ1) is 24.6. The molecule has 1 fully saturated rings. The van der Waals surface area contributed by atoms with Gasteiger partial charge in [-0.1, -0.05) is 47.7 Å². The molecule has 3 N–H and O–H groups in total. The van der Waals surface area contributed by atoms with Gasteiger partial charge in [-0.2, -0.15) is 0 Å². The van der Waals surface area contributed by atoms with Gasteiger partial charge in [0.1, 0.15) is 0 Å². The van der Waals surface area contributed by atoms with Crippen molar-refractivity contribution < 1.29 is 14.3 Å². The summed E-state index contributed by atoms with van der Waals surface area (Å²) in [4.78, 5) is 13.1. The summed E-state index contributed by atoms with van der Waals surface area (Å²) in [6.07, 6.45) is 3.50. The Kier molecular flexibility index (Phi) is 6.83. The van der Waals surface area contributed by atoms with Gasteiger partial charge in [0.25, 0.3) is 0 Å². The van der Waals surface area contributed by atoms with Gasteiger partial charge in [-0.25, -0.2) is 4.79 Å². The summed E-state index contributed by atoms with van der Waals surface area (Å²) < 4.78 is 14.6. The lowest BCUT2D eigenvalue weighted by molar-refractivity contribution is 0.0830. The Bertz CT molecular complexity index is 1250. The lowest BCUT2D eigenvalue weighted by atomic mass is 9.80. The van der Waals surface area contributed by atoms with Gasteiger partial charge in [0.05, 0.1) is 24.3 Å². The predicted molar refractivity (Wildman–Crippen MR) is 147 cm³/mol. The highest BCUT2D eigenvalue weighted by molar-refractivity contribution is 9.10. The van der Waals surface area contributed by atoms with E-state index >= 15 is 0 Å². The van der Waals surface area contributed by atoms with Crippen molar-refractivity contribution in [1.82, 2.24) is 4.57 Å². The molecule has 3 aromatic rings. The number of rotatable bonds is 6. The minimum atomic E-state index is -1.29. The van der Waals surface area contributed by atoms with E-state index < -0.39 is 8.07 Å². The molecule has 3 heterocycles. The molecule has 2 aliphatic rings. The number of fused-ring (bicyclic) bond motifs is 4. The van der Waals surface area contributed by atoms with E-state index in [1.807, 2.05) is 18.3 Å². The zero-order valence-corrected chi connectivity index (χ0v) is 23.2. The maximum atomic E-state index is 13.1. The third-order valence-electron chi connectivity index (χ3n) is 7.14. The predicted octanol–water partition coefficient (Wildman–Crippen LogP) is 6.47. The molecule has 8 heteroatoms. The third-order valence-corrected chi connectivity index (χ3v) is 9.34. The number of aromatic nitrogens is 1. The number of hydrogen-bond acceptors (Lipinski definition) is 5. The van der Waals surface area contributed by atoms with E-state index in [1.54, 1.807) is 4.57 Å². The molecule has 186 valence electrons. The second kappa shape index (κ2) is 9.73. The Morgan fingerprint density at radius 3 is 2.83 bits per heavy atom. The zero-order chi connectivity index (χ0) is 24.7. The van der Waals surface area contributed by atoms with Crippen LogP contribution in [0.2, 0.25) is 25.7 Å². The number of hydrogen-bond donors (Lipinski definition) is 2. The summed E-state index contributed by atoms with van der Waals surface area (Å²) in [5, 5.41) is 4.84. The molecule has 5 rings (SSSR count). The Balaban J connectivity index is 1.52. The smallest absolute Gasteiger partial charge is 0.418 e. The fourth-order valence-corrected chi connectivity index (χ4v) is 6.37. The summed E-state index contributed by atoms with van der Waals surface area (Å²) >= 11 is 3.63. The van der Waals surface area contributed by atoms with Crippen LogP contribution in [-0.4, -0.2) is 38.5 Å². The third kappa shape index (κ3) is 4.94. The molecule has 6 nitrogen and oxygen atoms in total. The van der Waals surface area contributed by atoms with E-state index in [4.69, 9.17) is 15.2 Å². The first-order valence-corrected chi connectivity index (χ1v) is 16.9. The fourth-order valence-electron chi connectivity index (χ4n) is 5.29. The van der Waals surface area contributed by atoms with Gasteiger partial charge in [-0.3, -0.25) is 4.57 Å². The van der Waals surface area contributed by atoms with Gasteiger partial charge in [-0.15, -0.1) is 0 Å². The molecule has 35 heavy (non-hydrogen) atoms. The highest BCUT2D eigenvalue weighted by Crippen LogP contribution is 2.51. The molecule has 0 bridgehead atoms. The summed E-state index contributed by atoms with van der Waals surface area (Å²) in [7, 11) is -1.29.